The van der Waals surface area contributed by atoms with E-state index in [-0.39, 0.29) is 22.4 Å². The maximum atomic E-state index is 13.7. The third kappa shape index (κ3) is 4.53. The number of nitrogens with zero attached hydrogens (tertiary/aromatic N) is 1. The number of ether oxygens (including phenoxy) is 2. The molecule has 0 amide bonds. The van der Waals surface area contributed by atoms with E-state index in [1.807, 2.05) is 33.8 Å². The van der Waals surface area contributed by atoms with Gasteiger partial charge in [0.1, 0.15) is 0 Å². The van der Waals surface area contributed by atoms with E-state index in [9.17, 15) is 19.5 Å². The Morgan fingerprint density at radius 3 is 1.91 bits per heavy atom. The molecule has 0 N–H and O–H groups in total. The summed E-state index contributed by atoms with van der Waals surface area (Å²) in [5.74, 6) is -1.00. The van der Waals surface area contributed by atoms with Gasteiger partial charge in [0.15, 0.2) is 23.1 Å². The average molecular weight is 545 g/mol. The second-order valence-electron chi connectivity index (χ2n) is 11.2. The molecule has 188 valence electrons. The zero-order valence-electron chi connectivity index (χ0n) is 21.0. The molecule has 0 saturated heterocycles. The molecule has 8 heteroatoms. The molecule has 0 fully saturated rings. The Bertz CT molecular complexity index is 1140. The predicted octanol–water partition coefficient (Wildman–Crippen LogP) is 3.90. The molecule has 2 aliphatic carbocycles. The first-order valence-electron chi connectivity index (χ1n) is 11.7. The van der Waals surface area contributed by atoms with Crippen LogP contribution >= 0.6 is 15.9 Å². The van der Waals surface area contributed by atoms with Crippen LogP contribution in [0.3, 0.4) is 0 Å². The van der Waals surface area contributed by atoms with Crippen molar-refractivity contribution in [1.82, 2.24) is 4.90 Å². The normalized spacial score (nSPS) is 21.6. The van der Waals surface area contributed by atoms with Crippen LogP contribution in [0.5, 0.6) is 11.5 Å². The Balaban J connectivity index is 2.04. The zero-order chi connectivity index (χ0) is 25.9. The van der Waals surface area contributed by atoms with Crippen molar-refractivity contribution in [2.45, 2.75) is 59.3 Å². The van der Waals surface area contributed by atoms with Gasteiger partial charge in [-0.05, 0) is 57.3 Å². The Kier molecular flexibility index (Phi) is 6.41. The number of hydrogen-bond donors (Lipinski definition) is 0. The third-order valence-electron chi connectivity index (χ3n) is 7.10. The minimum atomic E-state index is -1.25. The van der Waals surface area contributed by atoms with Gasteiger partial charge in [-0.2, -0.15) is 0 Å². The maximum Gasteiger partial charge on any atom is 0.174 e. The number of ketones is 2. The van der Waals surface area contributed by atoms with Crippen LogP contribution in [0, 0.1) is 10.8 Å². The fraction of sp³-hybridized carbons (Fsp3) is 0.519. The van der Waals surface area contributed by atoms with Crippen LogP contribution in [0.15, 0.2) is 39.1 Å². The van der Waals surface area contributed by atoms with E-state index < -0.39 is 18.4 Å². The van der Waals surface area contributed by atoms with Gasteiger partial charge in [0.25, 0.3) is 0 Å². The van der Waals surface area contributed by atoms with Crippen LogP contribution in [-0.4, -0.2) is 43.2 Å². The fourth-order valence-corrected chi connectivity index (χ4v) is 6.43. The van der Waals surface area contributed by atoms with Crippen LogP contribution in [0.1, 0.15) is 64.9 Å². The molecule has 0 atom stereocenters. The number of benzene rings is 1. The van der Waals surface area contributed by atoms with E-state index in [1.165, 1.54) is 7.11 Å². The van der Waals surface area contributed by atoms with E-state index in [4.69, 9.17) is 9.47 Å². The molecule has 1 aromatic rings. The zero-order valence-corrected chi connectivity index (χ0v) is 22.6. The first-order valence-corrected chi connectivity index (χ1v) is 12.5. The average Bonchev–Trinajstić information content (AvgIpc) is 2.72. The number of Topliss-reactive ketones (excluding diaryl/α,β-unsaturated/α-hetero) is 2. The number of carbonyl (C=O) groups excluding carboxylic acids is 3. The molecule has 1 aromatic carbocycles. The van der Waals surface area contributed by atoms with Crippen LogP contribution < -0.4 is 14.6 Å². The molecule has 0 spiro atoms. The van der Waals surface area contributed by atoms with Gasteiger partial charge in [0.05, 0.1) is 31.2 Å². The van der Waals surface area contributed by atoms with Crippen LogP contribution in [0.2, 0.25) is 0 Å². The quantitative estimate of drug-likeness (QED) is 0.554. The summed E-state index contributed by atoms with van der Waals surface area (Å²) in [6.45, 7) is 7.63. The molecule has 0 aromatic heterocycles. The predicted molar refractivity (Wildman–Crippen MR) is 132 cm³/mol. The van der Waals surface area contributed by atoms with Crippen molar-refractivity contribution in [2.75, 3.05) is 20.8 Å². The summed E-state index contributed by atoms with van der Waals surface area (Å²) >= 11 is 3.55. The van der Waals surface area contributed by atoms with Crippen molar-refractivity contribution in [3.63, 3.8) is 0 Å². The highest BCUT2D eigenvalue weighted by Gasteiger charge is 2.49. The molecule has 0 bridgehead atoms. The third-order valence-corrected chi connectivity index (χ3v) is 7.69. The van der Waals surface area contributed by atoms with Gasteiger partial charge in [0, 0.05) is 41.3 Å². The first kappa shape index (κ1) is 25.5. The number of carboxylic acid groups (broad SMARTS) is 1. The lowest BCUT2D eigenvalue weighted by Gasteiger charge is -2.49. The number of aliphatic carboxylic acids is 1. The van der Waals surface area contributed by atoms with E-state index in [0.717, 1.165) is 5.56 Å². The van der Waals surface area contributed by atoms with Crippen LogP contribution in [0.25, 0.3) is 0 Å². The number of methoxy groups -OCH3 is 2. The van der Waals surface area contributed by atoms with Crippen molar-refractivity contribution in [3.8, 4) is 11.5 Å². The monoisotopic (exact) mass is 544 g/mol. The molecule has 0 saturated carbocycles. The van der Waals surface area contributed by atoms with E-state index in [0.29, 0.717) is 64.2 Å². The van der Waals surface area contributed by atoms with E-state index in [2.05, 4.69) is 15.9 Å². The molecular formula is C27H31BrNO6-. The number of allylic oxidation sites excluding steroid dienone is 4. The summed E-state index contributed by atoms with van der Waals surface area (Å²) in [4.78, 5) is 40.9. The molecule has 7 nitrogen and oxygen atoms in total. The second-order valence-corrected chi connectivity index (χ2v) is 12.1. The van der Waals surface area contributed by atoms with Crippen molar-refractivity contribution in [1.29, 1.82) is 0 Å². The molecule has 0 unspecified atom stereocenters. The van der Waals surface area contributed by atoms with Gasteiger partial charge in [-0.1, -0.05) is 27.7 Å². The second kappa shape index (κ2) is 8.80. The smallest absolute Gasteiger partial charge is 0.174 e. The summed E-state index contributed by atoms with van der Waals surface area (Å²) in [6, 6.07) is 3.66. The lowest BCUT2D eigenvalue weighted by atomic mass is 9.63. The van der Waals surface area contributed by atoms with Crippen molar-refractivity contribution < 1.29 is 29.0 Å². The van der Waals surface area contributed by atoms with Gasteiger partial charge < -0.3 is 24.3 Å². The van der Waals surface area contributed by atoms with Gasteiger partial charge in [-0.15, -0.1) is 0 Å². The highest BCUT2D eigenvalue weighted by molar-refractivity contribution is 9.10. The summed E-state index contributed by atoms with van der Waals surface area (Å²) in [7, 11) is 3.08. The molecule has 1 aliphatic heterocycles. The van der Waals surface area contributed by atoms with Crippen LogP contribution in [0.4, 0.5) is 0 Å². The minimum absolute atomic E-state index is 0.0697. The number of carboxylic acids is 1. The van der Waals surface area contributed by atoms with E-state index >= 15 is 0 Å². The lowest BCUT2D eigenvalue weighted by Crippen LogP contribution is -2.47. The minimum Gasteiger partial charge on any atom is -0.548 e. The number of rotatable bonds is 5. The fourth-order valence-electron chi connectivity index (χ4n) is 5.81. The molecule has 35 heavy (non-hydrogen) atoms. The number of hydrogen-bond acceptors (Lipinski definition) is 7. The summed E-state index contributed by atoms with van der Waals surface area (Å²) in [5.41, 5.74) is 2.40. The molecule has 1 heterocycles. The Morgan fingerprint density at radius 2 is 1.49 bits per heavy atom. The topological polar surface area (TPSA) is 96.0 Å². The van der Waals surface area contributed by atoms with Crippen molar-refractivity contribution in [3.05, 3.63) is 44.7 Å². The number of halogens is 1. The van der Waals surface area contributed by atoms with E-state index in [1.54, 1.807) is 18.1 Å². The van der Waals surface area contributed by atoms with Crippen molar-refractivity contribution >= 4 is 33.5 Å². The summed E-state index contributed by atoms with van der Waals surface area (Å²) in [6.07, 6.45) is 1.69. The standard InChI is InChI=1S/C27H32BrNO6/c1-26(2)9-16-23(18(30)11-26)22(14-7-15(28)25(35-6)20(8-14)34-5)24-17(29(16)13-21(32)33)10-27(3,4)12-19(24)31/h7-8,22H,9-13H2,1-6H3,(H,32,33)/p-1. The van der Waals surface area contributed by atoms with Gasteiger partial charge in [-0.25, -0.2) is 0 Å². The Labute approximate surface area is 214 Å². The van der Waals surface area contributed by atoms with Gasteiger partial charge in [-0.3, -0.25) is 9.59 Å². The summed E-state index contributed by atoms with van der Waals surface area (Å²) in [5, 5.41) is 11.8. The molecular weight excluding hydrogens is 514 g/mol. The molecule has 3 aliphatic rings. The first-order chi connectivity index (χ1) is 16.3. The maximum absolute atomic E-state index is 13.7. The molecule has 4 rings (SSSR count). The highest BCUT2D eigenvalue weighted by Crippen LogP contribution is 2.55. The van der Waals surface area contributed by atoms with Gasteiger partial charge >= 0.3 is 0 Å². The number of carbonyl (C=O) groups is 3. The largest absolute Gasteiger partial charge is 0.548 e. The van der Waals surface area contributed by atoms with Crippen LogP contribution in [-0.2, 0) is 14.4 Å². The SMILES string of the molecule is COc1cc(C2C3=C(CC(C)(C)CC3=O)N(CC(=O)[O-])C3=C2C(=O)CC(C)(C)C3)cc(Br)c1OC. The summed E-state index contributed by atoms with van der Waals surface area (Å²) < 4.78 is 11.7. The Hall–Kier alpha value is -2.61. The lowest BCUT2D eigenvalue weighted by molar-refractivity contribution is -0.305. The van der Waals surface area contributed by atoms with Crippen molar-refractivity contribution in [2.24, 2.45) is 10.8 Å². The highest BCUT2D eigenvalue weighted by atomic mass is 79.9. The van der Waals surface area contributed by atoms with Gasteiger partial charge in [0.2, 0.25) is 0 Å². The Morgan fingerprint density at radius 1 is 0.971 bits per heavy atom. The molecule has 0 radical (unpaired) electrons.